The van der Waals surface area contributed by atoms with Crippen LogP contribution in [0.3, 0.4) is 0 Å². The molecule has 1 aromatic heterocycles. The zero-order valence-electron chi connectivity index (χ0n) is 13.4. The van der Waals surface area contributed by atoms with E-state index in [1.165, 1.54) is 19.1 Å². The second-order valence-corrected chi connectivity index (χ2v) is 6.77. The smallest absolute Gasteiger partial charge is 0.263 e. The number of nitrogens with one attached hydrogen (secondary N) is 1. The number of halogens is 1. The van der Waals surface area contributed by atoms with E-state index in [1.54, 1.807) is 12.3 Å². The predicted molar refractivity (Wildman–Crippen MR) is 89.7 cm³/mol. The molecule has 0 saturated carbocycles. The molecule has 0 amide bonds. The standard InChI is InChI=1S/C16H20FN3O2S/c1-4-20(5-2)13-6-9-16(18-11-13)19-23(21,22)14-7-8-15(17)12(3)10-14/h6-11H,4-5H2,1-3H3,(H,18,19). The highest BCUT2D eigenvalue weighted by molar-refractivity contribution is 7.92. The van der Waals surface area contributed by atoms with Gasteiger partial charge in [0.05, 0.1) is 16.8 Å². The van der Waals surface area contributed by atoms with Crippen molar-refractivity contribution >= 4 is 21.5 Å². The molecule has 0 fully saturated rings. The summed E-state index contributed by atoms with van der Waals surface area (Å²) in [5.74, 6) is -0.214. The van der Waals surface area contributed by atoms with Crippen LogP contribution in [0.25, 0.3) is 0 Å². The molecule has 0 aliphatic carbocycles. The van der Waals surface area contributed by atoms with E-state index >= 15 is 0 Å². The lowest BCUT2D eigenvalue weighted by Crippen LogP contribution is -2.22. The Morgan fingerprint density at radius 2 is 1.87 bits per heavy atom. The third kappa shape index (κ3) is 3.98. The second-order valence-electron chi connectivity index (χ2n) is 5.09. The van der Waals surface area contributed by atoms with Gasteiger partial charge < -0.3 is 4.90 Å². The van der Waals surface area contributed by atoms with Crippen LogP contribution in [-0.2, 0) is 10.0 Å². The highest BCUT2D eigenvalue weighted by atomic mass is 32.2. The summed E-state index contributed by atoms with van der Waals surface area (Å²) in [6.45, 7) is 7.29. The van der Waals surface area contributed by atoms with Crippen molar-refractivity contribution in [2.24, 2.45) is 0 Å². The molecule has 2 rings (SSSR count). The Labute approximate surface area is 136 Å². The summed E-state index contributed by atoms with van der Waals surface area (Å²) < 4.78 is 40.3. The first kappa shape index (κ1) is 17.2. The fourth-order valence-corrected chi connectivity index (χ4v) is 3.30. The second kappa shape index (κ2) is 6.95. The van der Waals surface area contributed by atoms with Gasteiger partial charge in [0.25, 0.3) is 10.0 Å². The predicted octanol–water partition coefficient (Wildman–Crippen LogP) is 3.18. The molecule has 1 heterocycles. The van der Waals surface area contributed by atoms with E-state index in [2.05, 4.69) is 14.6 Å². The monoisotopic (exact) mass is 337 g/mol. The molecule has 1 aromatic carbocycles. The van der Waals surface area contributed by atoms with Crippen LogP contribution in [0.1, 0.15) is 19.4 Å². The van der Waals surface area contributed by atoms with E-state index in [4.69, 9.17) is 0 Å². The van der Waals surface area contributed by atoms with Gasteiger partial charge in [-0.1, -0.05) is 0 Å². The van der Waals surface area contributed by atoms with Crippen molar-refractivity contribution in [2.75, 3.05) is 22.7 Å². The highest BCUT2D eigenvalue weighted by Crippen LogP contribution is 2.19. The lowest BCUT2D eigenvalue weighted by atomic mass is 10.2. The molecule has 7 heteroatoms. The summed E-state index contributed by atoms with van der Waals surface area (Å²) in [5, 5.41) is 0. The maximum atomic E-state index is 13.3. The molecule has 0 aliphatic rings. The minimum Gasteiger partial charge on any atom is -0.371 e. The van der Waals surface area contributed by atoms with E-state index < -0.39 is 15.8 Å². The Morgan fingerprint density at radius 1 is 1.17 bits per heavy atom. The number of nitrogens with zero attached hydrogens (tertiary/aromatic N) is 2. The van der Waals surface area contributed by atoms with E-state index in [9.17, 15) is 12.8 Å². The maximum absolute atomic E-state index is 13.3. The van der Waals surface area contributed by atoms with Gasteiger partial charge in [0.15, 0.2) is 0 Å². The van der Waals surface area contributed by atoms with Gasteiger partial charge in [0.1, 0.15) is 11.6 Å². The highest BCUT2D eigenvalue weighted by Gasteiger charge is 2.16. The Morgan fingerprint density at radius 3 is 2.39 bits per heavy atom. The molecule has 0 radical (unpaired) electrons. The van der Waals surface area contributed by atoms with Gasteiger partial charge in [-0.05, 0) is 56.7 Å². The minimum atomic E-state index is -3.79. The number of hydrogen-bond acceptors (Lipinski definition) is 4. The van der Waals surface area contributed by atoms with Gasteiger partial charge in [0.2, 0.25) is 0 Å². The van der Waals surface area contributed by atoms with E-state index in [0.29, 0.717) is 0 Å². The van der Waals surface area contributed by atoms with Crippen molar-refractivity contribution in [3.63, 3.8) is 0 Å². The van der Waals surface area contributed by atoms with Crippen LogP contribution in [0.15, 0.2) is 41.4 Å². The summed E-state index contributed by atoms with van der Waals surface area (Å²) in [7, 11) is -3.79. The largest absolute Gasteiger partial charge is 0.371 e. The number of hydrogen-bond donors (Lipinski definition) is 1. The molecule has 0 aliphatic heterocycles. The molecule has 0 atom stereocenters. The summed E-state index contributed by atoms with van der Waals surface area (Å²) >= 11 is 0. The Kier molecular flexibility index (Phi) is 5.20. The molecule has 2 aromatic rings. The number of sulfonamides is 1. The zero-order valence-corrected chi connectivity index (χ0v) is 14.2. The topological polar surface area (TPSA) is 62.3 Å². The fraction of sp³-hybridized carbons (Fsp3) is 0.312. The lowest BCUT2D eigenvalue weighted by Gasteiger charge is -2.20. The van der Waals surface area contributed by atoms with Crippen molar-refractivity contribution in [2.45, 2.75) is 25.7 Å². The molecular weight excluding hydrogens is 317 g/mol. The molecular formula is C16H20FN3O2S. The quantitative estimate of drug-likeness (QED) is 0.879. The number of benzene rings is 1. The average molecular weight is 337 g/mol. The lowest BCUT2D eigenvalue weighted by molar-refractivity contribution is 0.598. The molecule has 5 nitrogen and oxygen atoms in total. The van der Waals surface area contributed by atoms with Gasteiger partial charge in [-0.25, -0.2) is 17.8 Å². The van der Waals surface area contributed by atoms with Crippen molar-refractivity contribution in [1.82, 2.24) is 4.98 Å². The first-order valence-electron chi connectivity index (χ1n) is 7.37. The molecule has 124 valence electrons. The van der Waals surface area contributed by atoms with Gasteiger partial charge in [0, 0.05) is 13.1 Å². The number of rotatable bonds is 6. The average Bonchev–Trinajstić information content (AvgIpc) is 2.52. The molecule has 23 heavy (non-hydrogen) atoms. The fourth-order valence-electron chi connectivity index (χ4n) is 2.20. The van der Waals surface area contributed by atoms with Crippen LogP contribution in [0.5, 0.6) is 0 Å². The number of aryl methyl sites for hydroxylation is 1. The van der Waals surface area contributed by atoms with Crippen molar-refractivity contribution in [3.8, 4) is 0 Å². The van der Waals surface area contributed by atoms with Crippen LogP contribution in [0.2, 0.25) is 0 Å². The van der Waals surface area contributed by atoms with Gasteiger partial charge in [-0.2, -0.15) is 0 Å². The third-order valence-corrected chi connectivity index (χ3v) is 4.91. The van der Waals surface area contributed by atoms with Gasteiger partial charge in [-0.15, -0.1) is 0 Å². The van der Waals surface area contributed by atoms with E-state index in [1.807, 2.05) is 19.9 Å². The van der Waals surface area contributed by atoms with Crippen molar-refractivity contribution in [3.05, 3.63) is 47.9 Å². The number of pyridine rings is 1. The van der Waals surface area contributed by atoms with Crippen LogP contribution >= 0.6 is 0 Å². The summed E-state index contributed by atoms with van der Waals surface area (Å²) in [5.41, 5.74) is 1.20. The first-order chi connectivity index (χ1) is 10.9. The van der Waals surface area contributed by atoms with Crippen molar-refractivity contribution in [1.29, 1.82) is 0 Å². The van der Waals surface area contributed by atoms with Crippen LogP contribution in [-0.4, -0.2) is 26.5 Å². The Hall–Kier alpha value is -2.15. The Balaban J connectivity index is 2.22. The van der Waals surface area contributed by atoms with E-state index in [-0.39, 0.29) is 16.3 Å². The van der Waals surface area contributed by atoms with Crippen LogP contribution < -0.4 is 9.62 Å². The SMILES string of the molecule is CCN(CC)c1ccc(NS(=O)(=O)c2ccc(F)c(C)c2)nc1. The summed E-state index contributed by atoms with van der Waals surface area (Å²) in [6, 6.07) is 7.09. The first-order valence-corrected chi connectivity index (χ1v) is 8.85. The number of aromatic nitrogens is 1. The van der Waals surface area contributed by atoms with Gasteiger partial charge >= 0.3 is 0 Å². The zero-order chi connectivity index (χ0) is 17.0. The van der Waals surface area contributed by atoms with Gasteiger partial charge in [-0.3, -0.25) is 4.72 Å². The van der Waals surface area contributed by atoms with E-state index in [0.717, 1.165) is 24.8 Å². The maximum Gasteiger partial charge on any atom is 0.263 e. The molecule has 0 bridgehead atoms. The summed E-state index contributed by atoms with van der Waals surface area (Å²) in [6.07, 6.45) is 1.63. The molecule has 1 N–H and O–H groups in total. The Bertz CT molecular complexity index is 772. The van der Waals surface area contributed by atoms with Crippen LogP contribution in [0.4, 0.5) is 15.9 Å². The molecule has 0 saturated heterocycles. The summed E-state index contributed by atoms with van der Waals surface area (Å²) in [4.78, 5) is 6.25. The normalized spacial score (nSPS) is 11.3. The molecule has 0 spiro atoms. The third-order valence-electron chi connectivity index (χ3n) is 3.56. The minimum absolute atomic E-state index is 0.00557. The van der Waals surface area contributed by atoms with Crippen molar-refractivity contribution < 1.29 is 12.8 Å². The number of anilines is 2. The van der Waals surface area contributed by atoms with Crippen LogP contribution in [0, 0.1) is 12.7 Å². The molecule has 0 unspecified atom stereocenters.